The molecule has 0 spiro atoms. The van der Waals surface area contributed by atoms with E-state index < -0.39 is 5.60 Å². The Morgan fingerprint density at radius 3 is 2.63 bits per heavy atom. The minimum atomic E-state index is -0.770. The maximum atomic E-state index is 13.5. The molecule has 104 valence electrons. The van der Waals surface area contributed by atoms with Crippen LogP contribution in [0.15, 0.2) is 18.2 Å². The molecule has 1 aliphatic rings. The Hall–Kier alpha value is -1.42. The van der Waals surface area contributed by atoms with Crippen LogP contribution < -0.4 is 0 Å². The summed E-state index contributed by atoms with van der Waals surface area (Å²) < 4.78 is 13.5. The van der Waals surface area contributed by atoms with E-state index in [9.17, 15) is 14.3 Å². The topological polar surface area (TPSA) is 40.5 Å². The first kappa shape index (κ1) is 14.0. The summed E-state index contributed by atoms with van der Waals surface area (Å²) in [6.45, 7) is 1.97. The average molecular weight is 265 g/mol. The number of nitrogens with zero attached hydrogens (tertiary/aromatic N) is 1. The zero-order valence-electron chi connectivity index (χ0n) is 11.4. The summed E-state index contributed by atoms with van der Waals surface area (Å²) in [7, 11) is 1.65. The van der Waals surface area contributed by atoms with Crippen molar-refractivity contribution in [3.8, 4) is 0 Å². The van der Waals surface area contributed by atoms with Gasteiger partial charge in [-0.05, 0) is 37.5 Å². The van der Waals surface area contributed by atoms with E-state index >= 15 is 0 Å². The molecule has 4 heteroatoms. The van der Waals surface area contributed by atoms with Crippen molar-refractivity contribution in [2.24, 2.45) is 0 Å². The van der Waals surface area contributed by atoms with Crippen LogP contribution in [-0.2, 0) is 0 Å². The van der Waals surface area contributed by atoms with Crippen molar-refractivity contribution >= 4 is 5.91 Å². The predicted molar refractivity (Wildman–Crippen MR) is 71.5 cm³/mol. The molecule has 1 saturated carbocycles. The van der Waals surface area contributed by atoms with Crippen molar-refractivity contribution < 1.29 is 14.3 Å². The average Bonchev–Trinajstić information content (AvgIpc) is 2.78. The summed E-state index contributed by atoms with van der Waals surface area (Å²) >= 11 is 0. The molecule has 1 N–H and O–H groups in total. The van der Waals surface area contributed by atoms with Gasteiger partial charge in [-0.25, -0.2) is 4.39 Å². The van der Waals surface area contributed by atoms with Gasteiger partial charge in [0.15, 0.2) is 0 Å². The Kier molecular flexibility index (Phi) is 3.90. The minimum absolute atomic E-state index is 0.251. The number of carbonyl (C=O) groups excluding carboxylic acids is 1. The molecule has 1 aliphatic carbocycles. The largest absolute Gasteiger partial charge is 0.388 e. The van der Waals surface area contributed by atoms with Gasteiger partial charge in [0, 0.05) is 19.2 Å². The van der Waals surface area contributed by atoms with Gasteiger partial charge in [0.2, 0.25) is 0 Å². The van der Waals surface area contributed by atoms with E-state index in [0.717, 1.165) is 25.7 Å². The van der Waals surface area contributed by atoms with Crippen LogP contribution in [0.5, 0.6) is 0 Å². The van der Waals surface area contributed by atoms with Crippen molar-refractivity contribution in [1.82, 2.24) is 4.90 Å². The molecule has 1 amide bonds. The van der Waals surface area contributed by atoms with E-state index in [-0.39, 0.29) is 11.7 Å². The van der Waals surface area contributed by atoms with E-state index in [0.29, 0.717) is 17.7 Å². The molecule has 0 radical (unpaired) electrons. The number of likely N-dealkylation sites (N-methyl/N-ethyl adjacent to an activating group) is 1. The van der Waals surface area contributed by atoms with Gasteiger partial charge in [-0.15, -0.1) is 0 Å². The standard InChI is InChI=1S/C15H20FNO2/c1-11-5-6-12(9-13(11)16)14(18)17(2)10-15(19)7-3-4-8-15/h5-6,9,19H,3-4,7-8,10H2,1-2H3. The third-order valence-electron chi connectivity index (χ3n) is 3.83. The van der Waals surface area contributed by atoms with Crippen LogP contribution >= 0.6 is 0 Å². The highest BCUT2D eigenvalue weighted by molar-refractivity contribution is 5.94. The molecule has 0 unspecified atom stereocenters. The van der Waals surface area contributed by atoms with Crippen molar-refractivity contribution in [1.29, 1.82) is 0 Å². The van der Waals surface area contributed by atoms with Crippen LogP contribution in [0.1, 0.15) is 41.6 Å². The Morgan fingerprint density at radius 2 is 2.05 bits per heavy atom. The van der Waals surface area contributed by atoms with Gasteiger partial charge >= 0.3 is 0 Å². The molecule has 2 rings (SSSR count). The van der Waals surface area contributed by atoms with E-state index in [1.165, 1.54) is 11.0 Å². The summed E-state index contributed by atoms with van der Waals surface area (Å²) in [5.74, 6) is -0.627. The highest BCUT2D eigenvalue weighted by atomic mass is 19.1. The van der Waals surface area contributed by atoms with Crippen molar-refractivity contribution in [2.75, 3.05) is 13.6 Å². The van der Waals surface area contributed by atoms with Gasteiger partial charge in [0.05, 0.1) is 5.60 Å². The summed E-state index contributed by atoms with van der Waals surface area (Å²) in [5, 5.41) is 10.3. The third kappa shape index (κ3) is 3.13. The number of halogens is 1. The lowest BCUT2D eigenvalue weighted by Crippen LogP contribution is -2.42. The Labute approximate surface area is 113 Å². The molecule has 1 aromatic carbocycles. The number of carbonyl (C=O) groups is 1. The first-order chi connectivity index (χ1) is 8.91. The maximum Gasteiger partial charge on any atom is 0.253 e. The zero-order chi connectivity index (χ0) is 14.0. The number of aliphatic hydroxyl groups is 1. The first-order valence-electron chi connectivity index (χ1n) is 6.65. The normalized spacial score (nSPS) is 17.5. The molecule has 0 aliphatic heterocycles. The lowest BCUT2D eigenvalue weighted by Gasteiger charge is -2.28. The van der Waals surface area contributed by atoms with Crippen LogP contribution in [0.4, 0.5) is 4.39 Å². The number of aryl methyl sites for hydroxylation is 1. The second kappa shape index (κ2) is 5.29. The molecule has 0 saturated heterocycles. The second-order valence-electron chi connectivity index (χ2n) is 5.56. The maximum absolute atomic E-state index is 13.5. The van der Waals surface area contributed by atoms with Crippen molar-refractivity contribution in [2.45, 2.75) is 38.2 Å². The van der Waals surface area contributed by atoms with Gasteiger partial charge < -0.3 is 10.0 Å². The summed E-state index contributed by atoms with van der Waals surface area (Å²) in [4.78, 5) is 13.7. The highest BCUT2D eigenvalue weighted by Crippen LogP contribution is 2.30. The second-order valence-corrected chi connectivity index (χ2v) is 5.56. The molecule has 0 aromatic heterocycles. The van der Waals surface area contributed by atoms with Gasteiger partial charge in [0.1, 0.15) is 5.82 Å². The molecule has 0 bridgehead atoms. The number of hydrogen-bond acceptors (Lipinski definition) is 2. The SMILES string of the molecule is Cc1ccc(C(=O)N(C)CC2(O)CCCC2)cc1F. The Bertz CT molecular complexity index is 481. The third-order valence-corrected chi connectivity index (χ3v) is 3.83. The molecule has 3 nitrogen and oxygen atoms in total. The fourth-order valence-electron chi connectivity index (χ4n) is 2.65. The summed E-state index contributed by atoms with van der Waals surface area (Å²) in [6, 6.07) is 4.48. The lowest BCUT2D eigenvalue weighted by molar-refractivity contribution is 0.0156. The van der Waals surface area contributed by atoms with Crippen molar-refractivity contribution in [3.05, 3.63) is 35.1 Å². The zero-order valence-corrected chi connectivity index (χ0v) is 11.4. The quantitative estimate of drug-likeness (QED) is 0.912. The molecule has 0 heterocycles. The van der Waals surface area contributed by atoms with E-state index in [1.54, 1.807) is 26.1 Å². The number of amides is 1. The van der Waals surface area contributed by atoms with Crippen LogP contribution in [0.25, 0.3) is 0 Å². The molecular formula is C15H20FNO2. The lowest BCUT2D eigenvalue weighted by atomic mass is 10.0. The van der Waals surface area contributed by atoms with Crippen LogP contribution in [0.3, 0.4) is 0 Å². The highest BCUT2D eigenvalue weighted by Gasteiger charge is 2.33. The fourth-order valence-corrected chi connectivity index (χ4v) is 2.65. The number of hydrogen-bond donors (Lipinski definition) is 1. The van der Waals surface area contributed by atoms with E-state index in [1.807, 2.05) is 0 Å². The molecule has 1 aromatic rings. The van der Waals surface area contributed by atoms with Gasteiger partial charge in [0.25, 0.3) is 5.91 Å². The monoisotopic (exact) mass is 265 g/mol. The van der Waals surface area contributed by atoms with Crippen LogP contribution in [0.2, 0.25) is 0 Å². The van der Waals surface area contributed by atoms with Crippen molar-refractivity contribution in [3.63, 3.8) is 0 Å². The molecule has 1 fully saturated rings. The van der Waals surface area contributed by atoms with Gasteiger partial charge in [-0.2, -0.15) is 0 Å². The van der Waals surface area contributed by atoms with Gasteiger partial charge in [-0.1, -0.05) is 18.9 Å². The molecule has 19 heavy (non-hydrogen) atoms. The summed E-state index contributed by atoms with van der Waals surface area (Å²) in [6.07, 6.45) is 3.45. The predicted octanol–water partition coefficient (Wildman–Crippen LogP) is 2.51. The fraction of sp³-hybridized carbons (Fsp3) is 0.533. The smallest absolute Gasteiger partial charge is 0.253 e. The number of benzene rings is 1. The van der Waals surface area contributed by atoms with E-state index in [2.05, 4.69) is 0 Å². The molecule has 0 atom stereocenters. The Morgan fingerprint density at radius 1 is 1.42 bits per heavy atom. The van der Waals surface area contributed by atoms with Gasteiger partial charge in [-0.3, -0.25) is 4.79 Å². The van der Waals surface area contributed by atoms with E-state index in [4.69, 9.17) is 0 Å². The molecular weight excluding hydrogens is 245 g/mol. The van der Waals surface area contributed by atoms with Crippen LogP contribution in [0, 0.1) is 12.7 Å². The Balaban J connectivity index is 2.08. The van der Waals surface area contributed by atoms with Crippen LogP contribution in [-0.4, -0.2) is 35.1 Å². The summed E-state index contributed by atoms with van der Waals surface area (Å²) in [5.41, 5.74) is 0.0778. The first-order valence-corrected chi connectivity index (χ1v) is 6.65. The number of rotatable bonds is 3. The minimum Gasteiger partial charge on any atom is -0.388 e.